The number of hydrogen-bond donors (Lipinski definition) is 1. The molecule has 1 atom stereocenters. The van der Waals surface area contributed by atoms with E-state index in [1.54, 1.807) is 0 Å². The molecule has 84 valence electrons. The van der Waals surface area contributed by atoms with Crippen molar-refractivity contribution in [1.82, 2.24) is 0 Å². The molecular formula is C11H16ClNOS. The minimum atomic E-state index is -0.245. The van der Waals surface area contributed by atoms with Crippen LogP contribution in [-0.2, 0) is 4.79 Å². The summed E-state index contributed by atoms with van der Waals surface area (Å²) in [6, 6.07) is 3.86. The molecule has 0 radical (unpaired) electrons. The Balaban J connectivity index is 2.75. The molecule has 0 aliphatic rings. The summed E-state index contributed by atoms with van der Waals surface area (Å²) in [5.41, 5.74) is 5.25. The number of amides is 1. The van der Waals surface area contributed by atoms with Gasteiger partial charge in [-0.05, 0) is 24.5 Å². The minimum Gasteiger partial charge on any atom is -0.370 e. The van der Waals surface area contributed by atoms with Crippen molar-refractivity contribution in [2.45, 2.75) is 32.6 Å². The Morgan fingerprint density at radius 2 is 2.20 bits per heavy atom. The first kappa shape index (κ1) is 12.5. The van der Waals surface area contributed by atoms with Gasteiger partial charge in [0.1, 0.15) is 0 Å². The number of halogens is 1. The number of hydrogen-bond acceptors (Lipinski definition) is 2. The minimum absolute atomic E-state index is 0.222. The fourth-order valence-electron chi connectivity index (χ4n) is 1.66. The summed E-state index contributed by atoms with van der Waals surface area (Å²) in [7, 11) is 0. The highest BCUT2D eigenvalue weighted by molar-refractivity contribution is 7.16. The Kier molecular flexibility index (Phi) is 4.61. The molecule has 0 fully saturated rings. The second-order valence-electron chi connectivity index (χ2n) is 4.14. The lowest BCUT2D eigenvalue weighted by molar-refractivity contribution is -0.118. The number of rotatable bonds is 5. The highest BCUT2D eigenvalue weighted by Gasteiger charge is 2.17. The molecule has 0 aliphatic carbocycles. The Bertz CT molecular complexity index is 335. The predicted molar refractivity (Wildman–Crippen MR) is 65.3 cm³/mol. The quantitative estimate of drug-likeness (QED) is 0.849. The average molecular weight is 246 g/mol. The van der Waals surface area contributed by atoms with E-state index in [4.69, 9.17) is 17.3 Å². The molecule has 0 bridgehead atoms. The second-order valence-corrected chi connectivity index (χ2v) is 5.89. The molecule has 2 nitrogen and oxygen atoms in total. The summed E-state index contributed by atoms with van der Waals surface area (Å²) < 4.78 is 0.767. The van der Waals surface area contributed by atoms with Crippen molar-refractivity contribution in [1.29, 1.82) is 0 Å². The molecule has 2 N–H and O–H groups in total. The van der Waals surface area contributed by atoms with Crippen molar-refractivity contribution in [3.8, 4) is 0 Å². The van der Waals surface area contributed by atoms with Gasteiger partial charge in [0.2, 0.25) is 5.91 Å². The lowest BCUT2D eigenvalue weighted by Gasteiger charge is -2.15. The van der Waals surface area contributed by atoms with Crippen LogP contribution in [0.1, 0.15) is 37.5 Å². The van der Waals surface area contributed by atoms with Crippen LogP contribution in [-0.4, -0.2) is 5.91 Å². The number of primary amides is 1. The SMILES string of the molecule is CC(C)CC(CC(N)=O)c1ccc(Cl)s1. The topological polar surface area (TPSA) is 43.1 Å². The van der Waals surface area contributed by atoms with Crippen LogP contribution in [0.4, 0.5) is 0 Å². The third kappa shape index (κ3) is 4.22. The van der Waals surface area contributed by atoms with Gasteiger partial charge in [0.15, 0.2) is 0 Å². The highest BCUT2D eigenvalue weighted by atomic mass is 35.5. The van der Waals surface area contributed by atoms with Crippen molar-refractivity contribution < 1.29 is 4.79 Å². The summed E-state index contributed by atoms with van der Waals surface area (Å²) in [4.78, 5) is 12.1. The summed E-state index contributed by atoms with van der Waals surface area (Å²) in [5, 5.41) is 0. The van der Waals surface area contributed by atoms with Crippen molar-refractivity contribution >= 4 is 28.8 Å². The Morgan fingerprint density at radius 1 is 1.53 bits per heavy atom. The number of nitrogens with two attached hydrogens (primary N) is 1. The molecule has 0 spiro atoms. The van der Waals surface area contributed by atoms with Gasteiger partial charge >= 0.3 is 0 Å². The molecule has 0 saturated heterocycles. The molecule has 4 heteroatoms. The molecule has 0 aromatic carbocycles. The van der Waals surface area contributed by atoms with Crippen LogP contribution < -0.4 is 5.73 Å². The van der Waals surface area contributed by atoms with Crippen LogP contribution in [0, 0.1) is 5.92 Å². The van der Waals surface area contributed by atoms with E-state index in [9.17, 15) is 4.79 Å². The van der Waals surface area contributed by atoms with Crippen LogP contribution in [0.2, 0.25) is 4.34 Å². The van der Waals surface area contributed by atoms with E-state index in [1.165, 1.54) is 11.3 Å². The monoisotopic (exact) mass is 245 g/mol. The number of carbonyl (C=O) groups excluding carboxylic acids is 1. The largest absolute Gasteiger partial charge is 0.370 e. The van der Waals surface area contributed by atoms with Crippen LogP contribution in [0.25, 0.3) is 0 Å². The Morgan fingerprint density at radius 3 is 2.60 bits per heavy atom. The van der Waals surface area contributed by atoms with Gasteiger partial charge in [-0.3, -0.25) is 4.79 Å². The van der Waals surface area contributed by atoms with E-state index < -0.39 is 0 Å². The maximum Gasteiger partial charge on any atom is 0.218 e. The van der Waals surface area contributed by atoms with Gasteiger partial charge in [0.05, 0.1) is 4.34 Å². The molecule has 0 aliphatic heterocycles. The van der Waals surface area contributed by atoms with Crippen LogP contribution >= 0.6 is 22.9 Å². The van der Waals surface area contributed by atoms with Gasteiger partial charge in [0.25, 0.3) is 0 Å². The fourth-order valence-corrected chi connectivity index (χ4v) is 2.83. The number of thiophene rings is 1. The summed E-state index contributed by atoms with van der Waals surface area (Å²) in [6.45, 7) is 4.28. The molecule has 0 saturated carbocycles. The normalized spacial score (nSPS) is 13.1. The van der Waals surface area contributed by atoms with E-state index in [0.29, 0.717) is 12.3 Å². The van der Waals surface area contributed by atoms with E-state index in [1.807, 2.05) is 12.1 Å². The van der Waals surface area contributed by atoms with Crippen LogP contribution in [0.3, 0.4) is 0 Å². The molecule has 1 amide bonds. The lowest BCUT2D eigenvalue weighted by atomic mass is 9.92. The van der Waals surface area contributed by atoms with Gasteiger partial charge < -0.3 is 5.73 Å². The molecule has 1 aromatic heterocycles. The molecule has 1 heterocycles. The zero-order valence-corrected chi connectivity index (χ0v) is 10.6. The lowest BCUT2D eigenvalue weighted by Crippen LogP contribution is -2.16. The van der Waals surface area contributed by atoms with Gasteiger partial charge in [0, 0.05) is 17.2 Å². The van der Waals surface area contributed by atoms with E-state index in [2.05, 4.69) is 13.8 Å². The molecular weight excluding hydrogens is 230 g/mol. The maximum atomic E-state index is 11.0. The van der Waals surface area contributed by atoms with Crippen LogP contribution in [0.15, 0.2) is 12.1 Å². The third-order valence-electron chi connectivity index (χ3n) is 2.20. The Hall–Kier alpha value is -0.540. The average Bonchev–Trinajstić information content (AvgIpc) is 2.48. The smallest absolute Gasteiger partial charge is 0.218 e. The third-order valence-corrected chi connectivity index (χ3v) is 3.59. The van der Waals surface area contributed by atoms with E-state index in [-0.39, 0.29) is 11.8 Å². The van der Waals surface area contributed by atoms with E-state index >= 15 is 0 Å². The maximum absolute atomic E-state index is 11.0. The fraction of sp³-hybridized carbons (Fsp3) is 0.545. The Labute approximate surface area is 99.4 Å². The summed E-state index contributed by atoms with van der Waals surface area (Å²) >= 11 is 7.42. The highest BCUT2D eigenvalue weighted by Crippen LogP contribution is 2.34. The van der Waals surface area contributed by atoms with E-state index in [0.717, 1.165) is 15.6 Å². The summed E-state index contributed by atoms with van der Waals surface area (Å²) in [6.07, 6.45) is 1.38. The van der Waals surface area contributed by atoms with Crippen molar-refractivity contribution in [3.63, 3.8) is 0 Å². The standard InChI is InChI=1S/C11H16ClNOS/c1-7(2)5-8(6-11(13)14)9-3-4-10(12)15-9/h3-4,7-8H,5-6H2,1-2H3,(H2,13,14). The number of carbonyl (C=O) groups is 1. The molecule has 1 unspecified atom stereocenters. The predicted octanol–water partition coefficient (Wildman–Crippen LogP) is 3.41. The first-order valence-electron chi connectivity index (χ1n) is 5.02. The summed E-state index contributed by atoms with van der Waals surface area (Å²) in [5.74, 6) is 0.528. The molecule has 15 heavy (non-hydrogen) atoms. The van der Waals surface area contributed by atoms with Gasteiger partial charge in [-0.1, -0.05) is 25.4 Å². The van der Waals surface area contributed by atoms with Gasteiger partial charge in [-0.15, -0.1) is 11.3 Å². The first-order chi connectivity index (χ1) is 6.99. The van der Waals surface area contributed by atoms with Crippen molar-refractivity contribution in [3.05, 3.63) is 21.3 Å². The zero-order chi connectivity index (χ0) is 11.4. The molecule has 1 rings (SSSR count). The van der Waals surface area contributed by atoms with Gasteiger partial charge in [-0.25, -0.2) is 0 Å². The van der Waals surface area contributed by atoms with Crippen molar-refractivity contribution in [2.24, 2.45) is 11.7 Å². The van der Waals surface area contributed by atoms with Crippen LogP contribution in [0.5, 0.6) is 0 Å². The second kappa shape index (κ2) is 5.52. The zero-order valence-electron chi connectivity index (χ0n) is 9.00. The first-order valence-corrected chi connectivity index (χ1v) is 6.22. The molecule has 1 aromatic rings. The van der Waals surface area contributed by atoms with Crippen molar-refractivity contribution in [2.75, 3.05) is 0 Å². The van der Waals surface area contributed by atoms with Gasteiger partial charge in [-0.2, -0.15) is 0 Å².